The number of hydrogen-bond acceptors (Lipinski definition) is 2. The second-order valence-electron chi connectivity index (χ2n) is 4.91. The summed E-state index contributed by atoms with van der Waals surface area (Å²) in [6.45, 7) is 7.34. The molecule has 21 heavy (non-hydrogen) atoms. The van der Waals surface area contributed by atoms with Gasteiger partial charge in [-0.2, -0.15) is 0 Å². The van der Waals surface area contributed by atoms with Crippen molar-refractivity contribution in [1.82, 2.24) is 5.32 Å². The first-order valence-electron chi connectivity index (χ1n) is 7.03. The van der Waals surface area contributed by atoms with Gasteiger partial charge < -0.3 is 10.1 Å². The van der Waals surface area contributed by atoms with Crippen LogP contribution < -0.4 is 10.1 Å². The summed E-state index contributed by atoms with van der Waals surface area (Å²) in [6, 6.07) is 16.5. The molecule has 0 bridgehead atoms. The fourth-order valence-electron chi connectivity index (χ4n) is 2.03. The van der Waals surface area contributed by atoms with E-state index in [1.54, 1.807) is 0 Å². The Kier molecular flexibility index (Phi) is 6.03. The second kappa shape index (κ2) is 8.01. The molecule has 2 rings (SSSR count). The van der Waals surface area contributed by atoms with E-state index in [2.05, 4.69) is 59.0 Å². The molecule has 0 heterocycles. The van der Waals surface area contributed by atoms with Gasteiger partial charge in [-0.05, 0) is 42.3 Å². The lowest BCUT2D eigenvalue weighted by Gasteiger charge is -2.15. The van der Waals surface area contributed by atoms with Gasteiger partial charge in [0.25, 0.3) is 0 Å². The van der Waals surface area contributed by atoms with E-state index in [0.29, 0.717) is 0 Å². The fraction of sp³-hybridized carbons (Fsp3) is 0.222. The summed E-state index contributed by atoms with van der Waals surface area (Å²) in [5.74, 6) is 0.892. The van der Waals surface area contributed by atoms with E-state index >= 15 is 0 Å². The van der Waals surface area contributed by atoms with Gasteiger partial charge in [0.2, 0.25) is 0 Å². The van der Waals surface area contributed by atoms with Gasteiger partial charge in [0.1, 0.15) is 11.9 Å². The van der Waals surface area contributed by atoms with E-state index in [0.717, 1.165) is 23.3 Å². The van der Waals surface area contributed by atoms with Crippen molar-refractivity contribution in [2.45, 2.75) is 13.0 Å². The van der Waals surface area contributed by atoms with Crippen LogP contribution in [0.4, 0.5) is 0 Å². The molecule has 0 aliphatic heterocycles. The Hall–Kier alpha value is -1.58. The quantitative estimate of drug-likeness (QED) is 0.582. The molecule has 2 aromatic carbocycles. The minimum absolute atomic E-state index is 0.128. The molecule has 1 N–H and O–H groups in total. The highest BCUT2D eigenvalue weighted by Gasteiger charge is 2.04. The molecule has 0 amide bonds. The van der Waals surface area contributed by atoms with Crippen molar-refractivity contribution in [3.8, 4) is 16.9 Å². The van der Waals surface area contributed by atoms with E-state index in [1.807, 2.05) is 30.3 Å². The van der Waals surface area contributed by atoms with Gasteiger partial charge in [0, 0.05) is 17.6 Å². The minimum atomic E-state index is 0.128. The molecule has 0 saturated heterocycles. The van der Waals surface area contributed by atoms with Crippen LogP contribution in [0.25, 0.3) is 11.1 Å². The van der Waals surface area contributed by atoms with Crippen LogP contribution in [0.3, 0.4) is 0 Å². The molecule has 2 aromatic rings. The average molecular weight is 346 g/mol. The van der Waals surface area contributed by atoms with Crippen molar-refractivity contribution in [3.05, 3.63) is 65.7 Å². The van der Waals surface area contributed by atoms with Crippen LogP contribution >= 0.6 is 15.9 Å². The summed E-state index contributed by atoms with van der Waals surface area (Å²) < 4.78 is 6.96. The van der Waals surface area contributed by atoms with Gasteiger partial charge in [0.05, 0.1) is 0 Å². The van der Waals surface area contributed by atoms with E-state index in [-0.39, 0.29) is 6.10 Å². The maximum Gasteiger partial charge on any atom is 0.119 e. The first-order chi connectivity index (χ1) is 10.2. The molecule has 0 spiro atoms. The molecule has 0 saturated carbocycles. The van der Waals surface area contributed by atoms with Crippen LogP contribution in [0, 0.1) is 0 Å². The number of halogens is 1. The Morgan fingerprint density at radius 3 is 2.24 bits per heavy atom. The molecule has 0 radical (unpaired) electrons. The molecule has 1 atom stereocenters. The third kappa shape index (κ3) is 5.03. The predicted molar refractivity (Wildman–Crippen MR) is 92.7 cm³/mol. The van der Waals surface area contributed by atoms with Crippen LogP contribution in [0.15, 0.2) is 65.7 Å². The van der Waals surface area contributed by atoms with E-state index in [1.165, 1.54) is 11.1 Å². The van der Waals surface area contributed by atoms with Crippen molar-refractivity contribution >= 4 is 15.9 Å². The molecule has 1 unspecified atom stereocenters. The fourth-order valence-corrected chi connectivity index (χ4v) is 2.30. The number of ether oxygens (including phenoxy) is 1. The SMILES string of the molecule is C=CCNCC(C)Oc1ccc(-c2ccc(Br)cc2)cc1. The molecular weight excluding hydrogens is 326 g/mol. The van der Waals surface area contributed by atoms with Gasteiger partial charge in [0.15, 0.2) is 0 Å². The maximum absolute atomic E-state index is 5.87. The Labute approximate surface area is 135 Å². The third-order valence-electron chi connectivity index (χ3n) is 3.09. The number of hydrogen-bond donors (Lipinski definition) is 1. The average Bonchev–Trinajstić information content (AvgIpc) is 2.49. The number of nitrogens with one attached hydrogen (secondary N) is 1. The summed E-state index contributed by atoms with van der Waals surface area (Å²) in [5, 5.41) is 3.25. The van der Waals surface area contributed by atoms with E-state index in [4.69, 9.17) is 4.74 Å². The molecule has 110 valence electrons. The highest BCUT2D eigenvalue weighted by Crippen LogP contribution is 2.24. The van der Waals surface area contributed by atoms with Crippen molar-refractivity contribution in [2.24, 2.45) is 0 Å². The van der Waals surface area contributed by atoms with E-state index < -0.39 is 0 Å². The van der Waals surface area contributed by atoms with Gasteiger partial charge in [-0.25, -0.2) is 0 Å². The molecule has 0 aliphatic rings. The molecule has 0 fully saturated rings. The summed E-state index contributed by atoms with van der Waals surface area (Å²) >= 11 is 3.45. The van der Waals surface area contributed by atoms with Gasteiger partial charge in [-0.3, -0.25) is 0 Å². The minimum Gasteiger partial charge on any atom is -0.489 e. The van der Waals surface area contributed by atoms with Crippen LogP contribution in [0.1, 0.15) is 6.92 Å². The summed E-state index contributed by atoms with van der Waals surface area (Å²) in [5.41, 5.74) is 2.39. The standard InChI is InChI=1S/C18H20BrNO/c1-3-12-20-13-14(2)21-18-10-6-16(7-11-18)15-4-8-17(19)9-5-15/h3-11,14,20H,1,12-13H2,2H3. The van der Waals surface area contributed by atoms with Crippen molar-refractivity contribution in [1.29, 1.82) is 0 Å². The zero-order valence-corrected chi connectivity index (χ0v) is 13.8. The zero-order chi connectivity index (χ0) is 15.1. The lowest BCUT2D eigenvalue weighted by molar-refractivity contribution is 0.219. The molecule has 0 aromatic heterocycles. The molecular formula is C18H20BrNO. The van der Waals surface area contributed by atoms with Crippen molar-refractivity contribution in [3.63, 3.8) is 0 Å². The third-order valence-corrected chi connectivity index (χ3v) is 3.62. The largest absolute Gasteiger partial charge is 0.489 e. The van der Waals surface area contributed by atoms with Crippen molar-refractivity contribution in [2.75, 3.05) is 13.1 Å². The van der Waals surface area contributed by atoms with Crippen LogP contribution in [0.5, 0.6) is 5.75 Å². The van der Waals surface area contributed by atoms with Crippen LogP contribution in [-0.4, -0.2) is 19.2 Å². The normalized spacial score (nSPS) is 11.9. The molecule has 0 aliphatic carbocycles. The predicted octanol–water partition coefficient (Wildman–Crippen LogP) is 4.66. The van der Waals surface area contributed by atoms with Gasteiger partial charge in [-0.15, -0.1) is 6.58 Å². The topological polar surface area (TPSA) is 21.3 Å². The highest BCUT2D eigenvalue weighted by molar-refractivity contribution is 9.10. The smallest absolute Gasteiger partial charge is 0.119 e. The lowest BCUT2D eigenvalue weighted by atomic mass is 10.1. The zero-order valence-electron chi connectivity index (χ0n) is 12.2. The second-order valence-corrected chi connectivity index (χ2v) is 5.82. The molecule has 3 heteroatoms. The first kappa shape index (κ1) is 15.8. The van der Waals surface area contributed by atoms with Crippen LogP contribution in [0.2, 0.25) is 0 Å². The Balaban J connectivity index is 1.95. The van der Waals surface area contributed by atoms with Gasteiger partial charge >= 0.3 is 0 Å². The lowest BCUT2D eigenvalue weighted by Crippen LogP contribution is -2.28. The molecule has 2 nitrogen and oxygen atoms in total. The number of benzene rings is 2. The summed E-state index contributed by atoms with van der Waals surface area (Å²) in [4.78, 5) is 0. The van der Waals surface area contributed by atoms with Crippen LogP contribution in [-0.2, 0) is 0 Å². The Morgan fingerprint density at radius 2 is 1.67 bits per heavy atom. The Morgan fingerprint density at radius 1 is 1.10 bits per heavy atom. The summed E-state index contributed by atoms with van der Waals surface area (Å²) in [7, 11) is 0. The monoisotopic (exact) mass is 345 g/mol. The highest BCUT2D eigenvalue weighted by atomic mass is 79.9. The Bertz CT molecular complexity index is 563. The number of rotatable bonds is 7. The summed E-state index contributed by atoms with van der Waals surface area (Å²) in [6.07, 6.45) is 1.98. The van der Waals surface area contributed by atoms with E-state index in [9.17, 15) is 0 Å². The first-order valence-corrected chi connectivity index (χ1v) is 7.82. The maximum atomic E-state index is 5.87. The van der Waals surface area contributed by atoms with Gasteiger partial charge in [-0.1, -0.05) is 46.3 Å². The van der Waals surface area contributed by atoms with Crippen molar-refractivity contribution < 1.29 is 4.74 Å².